The monoisotopic (exact) mass is 356 g/mol. The summed E-state index contributed by atoms with van der Waals surface area (Å²) in [5.74, 6) is 0.535. The van der Waals surface area contributed by atoms with Crippen LogP contribution in [0.25, 0.3) is 0 Å². The Balaban J connectivity index is 2.22. The van der Waals surface area contributed by atoms with Gasteiger partial charge >= 0.3 is 0 Å². The van der Waals surface area contributed by atoms with E-state index in [0.717, 1.165) is 6.67 Å². The van der Waals surface area contributed by atoms with E-state index in [1.165, 1.54) is 90.3 Å². The maximum Gasteiger partial charge on any atom is 0.159 e. The summed E-state index contributed by atoms with van der Waals surface area (Å²) in [5.41, 5.74) is 0. The molecule has 0 aromatic rings. The molecule has 25 heavy (non-hydrogen) atoms. The van der Waals surface area contributed by atoms with Crippen LogP contribution in [0.3, 0.4) is 0 Å². The fourth-order valence-corrected chi connectivity index (χ4v) is 4.07. The lowest BCUT2D eigenvalue weighted by Crippen LogP contribution is -2.43. The summed E-state index contributed by atoms with van der Waals surface area (Å²) in [6.07, 6.45) is 14.5. The molecule has 0 radical (unpaired) electrons. The van der Waals surface area contributed by atoms with Crippen LogP contribution >= 0.6 is 0 Å². The highest BCUT2D eigenvalue weighted by Gasteiger charge is 2.21. The molecule has 150 valence electrons. The van der Waals surface area contributed by atoms with Crippen LogP contribution in [0.1, 0.15) is 77.6 Å². The number of hydrogen-bond donors (Lipinski definition) is 0. The molecular weight excluding hydrogens is 312 g/mol. The van der Waals surface area contributed by atoms with Gasteiger partial charge in [0.15, 0.2) is 6.29 Å². The maximum atomic E-state index is 5.59. The molecular formula is C21H44N2O2. The third-order valence-corrected chi connectivity index (χ3v) is 5.53. The molecule has 1 aliphatic rings. The van der Waals surface area contributed by atoms with Gasteiger partial charge in [-0.1, -0.05) is 51.9 Å². The normalized spacial score (nSPS) is 18.1. The highest BCUT2D eigenvalue weighted by atomic mass is 16.7. The van der Waals surface area contributed by atoms with Crippen LogP contribution in [0, 0.1) is 5.92 Å². The van der Waals surface area contributed by atoms with Crippen LogP contribution in [0.15, 0.2) is 0 Å². The molecule has 4 nitrogen and oxygen atoms in total. The van der Waals surface area contributed by atoms with Crippen LogP contribution in [-0.4, -0.2) is 63.7 Å². The SMILES string of the molecule is CCCCCCCCCC(CCCN1CCCN(C)C1)C(OC)OC. The third kappa shape index (κ3) is 10.5. The molecule has 1 fully saturated rings. The van der Waals surface area contributed by atoms with Crippen molar-refractivity contribution < 1.29 is 9.47 Å². The minimum absolute atomic E-state index is 0.0379. The Morgan fingerprint density at radius 1 is 0.840 bits per heavy atom. The van der Waals surface area contributed by atoms with E-state index in [-0.39, 0.29) is 6.29 Å². The molecule has 0 N–H and O–H groups in total. The lowest BCUT2D eigenvalue weighted by molar-refractivity contribution is -0.141. The molecule has 0 saturated carbocycles. The number of nitrogens with zero attached hydrogens (tertiary/aromatic N) is 2. The number of rotatable bonds is 15. The standard InChI is InChI=1S/C21H44N2O2/c1-5-6-7-8-9-10-11-14-20(21(24-3)25-4)15-12-17-23-18-13-16-22(2)19-23/h20-21H,5-19H2,1-4H3. The van der Waals surface area contributed by atoms with Gasteiger partial charge in [0.25, 0.3) is 0 Å². The van der Waals surface area contributed by atoms with Gasteiger partial charge in [-0.2, -0.15) is 0 Å². The van der Waals surface area contributed by atoms with Crippen LogP contribution in [-0.2, 0) is 9.47 Å². The number of ether oxygens (including phenoxy) is 2. The summed E-state index contributed by atoms with van der Waals surface area (Å²) in [6, 6.07) is 0. The van der Waals surface area contributed by atoms with Crippen LogP contribution in [0.4, 0.5) is 0 Å². The van der Waals surface area contributed by atoms with Gasteiger partial charge in [0.05, 0.1) is 6.67 Å². The molecule has 0 aliphatic carbocycles. The zero-order chi connectivity index (χ0) is 18.3. The summed E-state index contributed by atoms with van der Waals surface area (Å²) < 4.78 is 11.2. The molecule has 1 rings (SSSR count). The average Bonchev–Trinajstić information content (AvgIpc) is 2.61. The Hall–Kier alpha value is -0.160. The first kappa shape index (κ1) is 22.9. The summed E-state index contributed by atoms with van der Waals surface area (Å²) in [5, 5.41) is 0. The smallest absolute Gasteiger partial charge is 0.159 e. The molecule has 0 aromatic heterocycles. The van der Waals surface area contributed by atoms with Crippen LogP contribution in [0.2, 0.25) is 0 Å². The van der Waals surface area contributed by atoms with E-state index < -0.39 is 0 Å². The van der Waals surface area contributed by atoms with Crippen LogP contribution < -0.4 is 0 Å². The van der Waals surface area contributed by atoms with Crippen molar-refractivity contribution in [1.82, 2.24) is 9.80 Å². The van der Waals surface area contributed by atoms with E-state index in [1.54, 1.807) is 14.2 Å². The first-order valence-electron chi connectivity index (χ1n) is 10.7. The van der Waals surface area contributed by atoms with Gasteiger partial charge < -0.3 is 9.47 Å². The van der Waals surface area contributed by atoms with E-state index in [1.807, 2.05) is 0 Å². The van der Waals surface area contributed by atoms with Gasteiger partial charge in [0, 0.05) is 33.2 Å². The van der Waals surface area contributed by atoms with Gasteiger partial charge in [-0.15, -0.1) is 0 Å². The Morgan fingerprint density at radius 3 is 2.12 bits per heavy atom. The largest absolute Gasteiger partial charge is 0.356 e. The van der Waals surface area contributed by atoms with Crippen molar-refractivity contribution in [2.45, 2.75) is 83.8 Å². The second-order valence-electron chi connectivity index (χ2n) is 7.84. The molecule has 0 aromatic carbocycles. The van der Waals surface area contributed by atoms with Crippen molar-refractivity contribution in [2.24, 2.45) is 5.92 Å². The average molecular weight is 357 g/mol. The minimum atomic E-state index is -0.0379. The first-order chi connectivity index (χ1) is 12.2. The quantitative estimate of drug-likeness (QED) is 0.313. The van der Waals surface area contributed by atoms with E-state index in [2.05, 4.69) is 23.8 Å². The number of unbranched alkanes of at least 4 members (excludes halogenated alkanes) is 6. The van der Waals surface area contributed by atoms with Gasteiger partial charge in [0.2, 0.25) is 0 Å². The fourth-order valence-electron chi connectivity index (χ4n) is 4.07. The second-order valence-corrected chi connectivity index (χ2v) is 7.84. The van der Waals surface area contributed by atoms with Crippen molar-refractivity contribution >= 4 is 0 Å². The van der Waals surface area contributed by atoms with E-state index in [4.69, 9.17) is 9.47 Å². The van der Waals surface area contributed by atoms with Gasteiger partial charge in [0.1, 0.15) is 0 Å². The third-order valence-electron chi connectivity index (χ3n) is 5.53. The minimum Gasteiger partial charge on any atom is -0.356 e. The van der Waals surface area contributed by atoms with Crippen molar-refractivity contribution in [3.05, 3.63) is 0 Å². The predicted molar refractivity (Wildman–Crippen MR) is 107 cm³/mol. The summed E-state index contributed by atoms with van der Waals surface area (Å²) in [7, 11) is 5.79. The summed E-state index contributed by atoms with van der Waals surface area (Å²) in [6.45, 7) is 7.11. The lowest BCUT2D eigenvalue weighted by Gasteiger charge is -2.33. The van der Waals surface area contributed by atoms with E-state index >= 15 is 0 Å². The Bertz CT molecular complexity index is 298. The Kier molecular flexibility index (Phi) is 13.7. The molecule has 1 saturated heterocycles. The molecule has 1 heterocycles. The maximum absolute atomic E-state index is 5.59. The second kappa shape index (κ2) is 15.0. The topological polar surface area (TPSA) is 24.9 Å². The van der Waals surface area contributed by atoms with Crippen molar-refractivity contribution in [3.8, 4) is 0 Å². The Morgan fingerprint density at radius 2 is 1.48 bits per heavy atom. The van der Waals surface area contributed by atoms with Crippen LogP contribution in [0.5, 0.6) is 0 Å². The van der Waals surface area contributed by atoms with E-state index in [0.29, 0.717) is 5.92 Å². The number of methoxy groups -OCH3 is 2. The highest BCUT2D eigenvalue weighted by Crippen LogP contribution is 2.23. The van der Waals surface area contributed by atoms with Crippen molar-refractivity contribution in [2.75, 3.05) is 47.6 Å². The zero-order valence-electron chi connectivity index (χ0n) is 17.5. The summed E-state index contributed by atoms with van der Waals surface area (Å²) >= 11 is 0. The molecule has 1 atom stereocenters. The van der Waals surface area contributed by atoms with E-state index in [9.17, 15) is 0 Å². The molecule has 1 aliphatic heterocycles. The van der Waals surface area contributed by atoms with Crippen molar-refractivity contribution in [3.63, 3.8) is 0 Å². The first-order valence-corrected chi connectivity index (χ1v) is 10.7. The predicted octanol–water partition coefficient (Wildman–Crippen LogP) is 4.74. The van der Waals surface area contributed by atoms with Gasteiger partial charge in [-0.3, -0.25) is 9.80 Å². The van der Waals surface area contributed by atoms with Gasteiger partial charge in [-0.05, 0) is 39.3 Å². The number of hydrogen-bond acceptors (Lipinski definition) is 4. The fraction of sp³-hybridized carbons (Fsp3) is 1.00. The molecule has 0 spiro atoms. The molecule has 0 amide bonds. The highest BCUT2D eigenvalue weighted by molar-refractivity contribution is 4.69. The zero-order valence-corrected chi connectivity index (χ0v) is 17.5. The lowest BCUT2D eigenvalue weighted by atomic mass is 9.94. The molecule has 1 unspecified atom stereocenters. The van der Waals surface area contributed by atoms with Gasteiger partial charge in [-0.25, -0.2) is 0 Å². The van der Waals surface area contributed by atoms with Crippen molar-refractivity contribution in [1.29, 1.82) is 0 Å². The Labute approximate surface area is 157 Å². The molecule has 4 heteroatoms. The molecule has 0 bridgehead atoms. The summed E-state index contributed by atoms with van der Waals surface area (Å²) in [4.78, 5) is 5.01.